The molecular formula is C23H35N3O2S. The number of carbonyl (C=O) groups is 2. The molecule has 0 saturated heterocycles. The van der Waals surface area contributed by atoms with Gasteiger partial charge in [-0.1, -0.05) is 13.8 Å². The van der Waals surface area contributed by atoms with Gasteiger partial charge in [0.05, 0.1) is 11.5 Å². The van der Waals surface area contributed by atoms with Gasteiger partial charge in [0, 0.05) is 19.0 Å². The average Bonchev–Trinajstić information content (AvgIpc) is 3.17. The Labute approximate surface area is 178 Å². The van der Waals surface area contributed by atoms with Crippen molar-refractivity contribution in [1.29, 1.82) is 0 Å². The normalized spacial score (nSPS) is 33.7. The summed E-state index contributed by atoms with van der Waals surface area (Å²) in [7, 11) is 0. The van der Waals surface area contributed by atoms with Crippen molar-refractivity contribution >= 4 is 23.2 Å². The van der Waals surface area contributed by atoms with Crippen molar-refractivity contribution in [1.82, 2.24) is 15.5 Å². The maximum atomic E-state index is 13.6. The Balaban J connectivity index is 1.49. The fourth-order valence-electron chi connectivity index (χ4n) is 7.01. The van der Waals surface area contributed by atoms with E-state index in [9.17, 15) is 9.59 Å². The van der Waals surface area contributed by atoms with Crippen LogP contribution in [0.5, 0.6) is 0 Å². The smallest absolute Gasteiger partial charge is 0.226 e. The van der Waals surface area contributed by atoms with Gasteiger partial charge in [-0.2, -0.15) is 11.3 Å². The molecule has 160 valence electrons. The zero-order valence-corrected chi connectivity index (χ0v) is 18.8. The van der Waals surface area contributed by atoms with E-state index in [-0.39, 0.29) is 28.8 Å². The van der Waals surface area contributed by atoms with Gasteiger partial charge in [0.15, 0.2) is 0 Å². The van der Waals surface area contributed by atoms with Crippen LogP contribution < -0.4 is 10.6 Å². The minimum Gasteiger partial charge on any atom is -0.354 e. The fraction of sp³-hybridized carbons (Fsp3) is 0.739. The summed E-state index contributed by atoms with van der Waals surface area (Å²) in [6.45, 7) is 8.56. The second kappa shape index (κ2) is 8.03. The van der Waals surface area contributed by atoms with E-state index in [2.05, 4.69) is 46.2 Å². The molecule has 0 radical (unpaired) electrons. The van der Waals surface area contributed by atoms with Crippen molar-refractivity contribution in [3.05, 3.63) is 22.4 Å². The van der Waals surface area contributed by atoms with Crippen LogP contribution in [0.2, 0.25) is 0 Å². The summed E-state index contributed by atoms with van der Waals surface area (Å²) in [5.41, 5.74) is 0.840. The molecule has 2 N–H and O–H groups in total. The molecule has 0 unspecified atom stereocenters. The summed E-state index contributed by atoms with van der Waals surface area (Å²) in [4.78, 5) is 27.8. The van der Waals surface area contributed by atoms with Crippen molar-refractivity contribution in [3.8, 4) is 0 Å². The zero-order valence-electron chi connectivity index (χ0n) is 18.0. The summed E-state index contributed by atoms with van der Waals surface area (Å²) in [5, 5.41) is 10.9. The Kier molecular flexibility index (Phi) is 5.77. The molecule has 4 fully saturated rings. The highest BCUT2D eigenvalue weighted by Crippen LogP contribution is 2.61. The third-order valence-corrected chi connectivity index (χ3v) is 8.32. The van der Waals surface area contributed by atoms with Crippen LogP contribution in [-0.4, -0.2) is 41.9 Å². The Bertz CT molecular complexity index is 729. The van der Waals surface area contributed by atoms with Gasteiger partial charge in [-0.15, -0.1) is 0 Å². The van der Waals surface area contributed by atoms with Crippen molar-refractivity contribution in [2.75, 3.05) is 19.6 Å². The first kappa shape index (κ1) is 20.9. The molecule has 4 aliphatic carbocycles. The molecule has 6 heteroatoms. The van der Waals surface area contributed by atoms with Gasteiger partial charge in [0.2, 0.25) is 11.8 Å². The first-order chi connectivity index (χ1) is 13.9. The predicted octanol–water partition coefficient (Wildman–Crippen LogP) is 3.72. The highest BCUT2D eigenvalue weighted by Gasteiger charge is 2.60. The Hall–Kier alpha value is -1.40. The van der Waals surface area contributed by atoms with Crippen LogP contribution >= 0.6 is 11.3 Å². The third-order valence-electron chi connectivity index (χ3n) is 7.62. The molecular weight excluding hydrogens is 382 g/mol. The SMILES string of the molecule is CCN(CC)[C@H](CNC(=O)C12C[C@@H]3C[C@H](CC(NC(C)=O)(C3)C1)C2)c1ccsc1. The molecule has 1 aromatic rings. The lowest BCUT2D eigenvalue weighted by Gasteiger charge is -2.61. The van der Waals surface area contributed by atoms with E-state index in [1.165, 1.54) is 12.0 Å². The number of rotatable bonds is 8. The monoisotopic (exact) mass is 417 g/mol. The van der Waals surface area contributed by atoms with Crippen molar-refractivity contribution in [2.45, 2.75) is 70.9 Å². The second-order valence-corrected chi connectivity index (χ2v) is 10.5. The van der Waals surface area contributed by atoms with Crippen molar-refractivity contribution in [3.63, 3.8) is 0 Å². The van der Waals surface area contributed by atoms with Gasteiger partial charge in [0.25, 0.3) is 0 Å². The molecule has 2 amide bonds. The topological polar surface area (TPSA) is 61.4 Å². The largest absolute Gasteiger partial charge is 0.354 e. The van der Waals surface area contributed by atoms with E-state index in [4.69, 9.17) is 0 Å². The minimum atomic E-state index is -0.297. The number of likely N-dealkylation sites (N-methyl/N-ethyl adjacent to an activating group) is 1. The van der Waals surface area contributed by atoms with Crippen LogP contribution in [0, 0.1) is 17.3 Å². The number of thiophene rings is 1. The first-order valence-corrected chi connectivity index (χ1v) is 12.2. The number of nitrogens with zero attached hydrogens (tertiary/aromatic N) is 1. The van der Waals surface area contributed by atoms with E-state index >= 15 is 0 Å². The predicted molar refractivity (Wildman–Crippen MR) is 117 cm³/mol. The summed E-state index contributed by atoms with van der Waals surface area (Å²) < 4.78 is 0. The number of nitrogens with one attached hydrogen (secondary N) is 2. The molecule has 1 heterocycles. The lowest BCUT2D eigenvalue weighted by atomic mass is 9.46. The highest BCUT2D eigenvalue weighted by molar-refractivity contribution is 7.07. The maximum absolute atomic E-state index is 13.6. The van der Waals surface area contributed by atoms with Crippen molar-refractivity contribution < 1.29 is 9.59 Å². The molecule has 0 spiro atoms. The first-order valence-electron chi connectivity index (χ1n) is 11.2. The van der Waals surface area contributed by atoms with Gasteiger partial charge in [-0.25, -0.2) is 0 Å². The van der Waals surface area contributed by atoms with E-state index in [0.29, 0.717) is 18.4 Å². The van der Waals surface area contributed by atoms with E-state index in [1.54, 1.807) is 18.3 Å². The summed E-state index contributed by atoms with van der Waals surface area (Å²) in [6.07, 6.45) is 6.13. The zero-order chi connectivity index (χ0) is 20.6. The molecule has 0 aromatic carbocycles. The number of hydrogen-bond acceptors (Lipinski definition) is 4. The lowest BCUT2D eigenvalue weighted by molar-refractivity contribution is -0.153. The van der Waals surface area contributed by atoms with Gasteiger partial charge in [-0.05, 0) is 85.8 Å². The molecule has 5 nitrogen and oxygen atoms in total. The Morgan fingerprint density at radius 2 is 1.90 bits per heavy atom. The van der Waals surface area contributed by atoms with Crippen LogP contribution in [0.4, 0.5) is 0 Å². The van der Waals surface area contributed by atoms with Gasteiger partial charge in [0.1, 0.15) is 0 Å². The van der Waals surface area contributed by atoms with Crippen LogP contribution in [0.1, 0.15) is 70.9 Å². The van der Waals surface area contributed by atoms with Crippen LogP contribution in [0.15, 0.2) is 16.8 Å². The third kappa shape index (κ3) is 3.98. The Morgan fingerprint density at radius 1 is 1.21 bits per heavy atom. The average molecular weight is 418 g/mol. The summed E-state index contributed by atoms with van der Waals surface area (Å²) >= 11 is 1.71. The summed E-state index contributed by atoms with van der Waals surface area (Å²) in [5.74, 6) is 1.41. The maximum Gasteiger partial charge on any atom is 0.226 e. The number of amides is 2. The van der Waals surface area contributed by atoms with Crippen LogP contribution in [0.25, 0.3) is 0 Å². The van der Waals surface area contributed by atoms with E-state index in [0.717, 1.165) is 45.2 Å². The number of hydrogen-bond donors (Lipinski definition) is 2. The van der Waals surface area contributed by atoms with Gasteiger partial charge < -0.3 is 10.6 Å². The van der Waals surface area contributed by atoms with Crippen LogP contribution in [0.3, 0.4) is 0 Å². The van der Waals surface area contributed by atoms with Crippen molar-refractivity contribution in [2.24, 2.45) is 17.3 Å². The second-order valence-electron chi connectivity index (χ2n) is 9.71. The molecule has 5 rings (SSSR count). The lowest BCUT2D eigenvalue weighted by Crippen LogP contribution is -2.66. The van der Waals surface area contributed by atoms with E-state index in [1.807, 2.05) is 0 Å². The summed E-state index contributed by atoms with van der Waals surface area (Å²) in [6, 6.07) is 2.40. The molecule has 1 aromatic heterocycles. The quantitative estimate of drug-likeness (QED) is 0.678. The molecule has 29 heavy (non-hydrogen) atoms. The molecule has 4 aliphatic rings. The standard InChI is InChI=1S/C23H35N3O2S/c1-4-26(5-2)20(19-6-7-29-14-19)13-24-21(28)22-9-17-8-18(10-22)12-23(11-17,15-22)25-16(3)27/h6-7,14,17-18,20H,4-5,8-13,15H2,1-3H3,(H,24,28)(H,25,27)/t17-,18-,20+,22?,23?/m0/s1. The Morgan fingerprint density at radius 3 is 2.45 bits per heavy atom. The molecule has 3 atom stereocenters. The van der Waals surface area contributed by atoms with Gasteiger partial charge in [-0.3, -0.25) is 14.5 Å². The van der Waals surface area contributed by atoms with E-state index < -0.39 is 0 Å². The molecule has 0 aliphatic heterocycles. The molecule has 4 saturated carbocycles. The minimum absolute atomic E-state index is 0.0431. The highest BCUT2D eigenvalue weighted by atomic mass is 32.1. The van der Waals surface area contributed by atoms with Crippen LogP contribution in [-0.2, 0) is 9.59 Å². The van der Waals surface area contributed by atoms with Gasteiger partial charge >= 0.3 is 0 Å². The number of carbonyl (C=O) groups excluding carboxylic acids is 2. The fourth-order valence-corrected chi connectivity index (χ4v) is 7.72. The molecule has 4 bridgehead atoms.